The van der Waals surface area contributed by atoms with Gasteiger partial charge < -0.3 is 10.1 Å². The Morgan fingerprint density at radius 3 is 2.39 bits per heavy atom. The lowest BCUT2D eigenvalue weighted by Crippen LogP contribution is -2.33. The predicted octanol–water partition coefficient (Wildman–Crippen LogP) is 7.07. The molecule has 0 aromatic heterocycles. The lowest BCUT2D eigenvalue weighted by Gasteiger charge is -2.25. The predicted molar refractivity (Wildman–Crippen MR) is 163 cm³/mol. The number of nitrogens with zero attached hydrogens (tertiary/aromatic N) is 2. The van der Waals surface area contributed by atoms with Crippen LogP contribution in [0.2, 0.25) is 5.02 Å². The fraction of sp³-hybridized carbons (Fsp3) is 0.324. The maximum Gasteiger partial charge on any atom is 0.243 e. The molecule has 1 saturated carbocycles. The molecule has 1 aliphatic carbocycles. The third-order valence-electron chi connectivity index (χ3n) is 8.10. The Hall–Kier alpha value is -3.90. The van der Waals surface area contributed by atoms with Crippen molar-refractivity contribution in [2.75, 3.05) is 7.11 Å². The number of hydrazone groups is 1. The highest BCUT2D eigenvalue weighted by Gasteiger charge is 2.32. The van der Waals surface area contributed by atoms with Gasteiger partial charge >= 0.3 is 0 Å². The van der Waals surface area contributed by atoms with Gasteiger partial charge in [-0.25, -0.2) is 5.01 Å². The van der Waals surface area contributed by atoms with E-state index in [0.29, 0.717) is 42.6 Å². The third-order valence-corrected chi connectivity index (χ3v) is 8.43. The topological polar surface area (TPSA) is 71.0 Å². The molecule has 1 heterocycles. The second-order valence-electron chi connectivity index (χ2n) is 10.8. The lowest BCUT2D eigenvalue weighted by atomic mass is 9.83. The first-order valence-electron chi connectivity index (χ1n) is 14.2. The average Bonchev–Trinajstić information content (AvgIpc) is 3.53. The highest BCUT2D eigenvalue weighted by atomic mass is 35.5. The second kappa shape index (κ2) is 13.2. The van der Waals surface area contributed by atoms with Crippen molar-refractivity contribution in [2.24, 2.45) is 11.0 Å². The summed E-state index contributed by atoms with van der Waals surface area (Å²) in [7, 11) is 1.60. The molecule has 6 nitrogen and oxygen atoms in total. The minimum Gasteiger partial charge on any atom is -0.497 e. The van der Waals surface area contributed by atoms with Crippen LogP contribution < -0.4 is 5.32 Å². The van der Waals surface area contributed by atoms with Crippen molar-refractivity contribution in [3.63, 3.8) is 0 Å². The smallest absolute Gasteiger partial charge is 0.243 e. The summed E-state index contributed by atoms with van der Waals surface area (Å²) in [6.07, 6.45) is 5.38. The summed E-state index contributed by atoms with van der Waals surface area (Å²) in [5, 5.41) is 9.99. The van der Waals surface area contributed by atoms with Crippen LogP contribution in [0, 0.1) is 5.92 Å². The molecular formula is C34H36ClN3O3. The van der Waals surface area contributed by atoms with Crippen LogP contribution in [-0.2, 0) is 27.4 Å². The van der Waals surface area contributed by atoms with Crippen molar-refractivity contribution in [2.45, 2.75) is 57.5 Å². The number of rotatable bonds is 10. The number of hydrogen-bond acceptors (Lipinski definition) is 4. The molecule has 7 heteroatoms. The standard InChI is InChI=1S/C34H36ClN3O3/c1-23(41-2)26-15-11-24(12-16-26)21-36-34(40)33(27-7-3-4-8-27)28-17-13-25(14-18-28)22-38-32(39)20-19-31(37-38)29-9-5-6-10-30(29)35/h5-6,9-18,27,33H,1,3-4,7-8,19-22H2,2H3,(H,36,40). The number of nitrogens with one attached hydrogen (secondary N) is 1. The van der Waals surface area contributed by atoms with Gasteiger partial charge in [0.1, 0.15) is 5.76 Å². The number of carbonyl (C=O) groups is 2. The zero-order valence-corrected chi connectivity index (χ0v) is 24.2. The molecule has 3 aromatic rings. The number of carbonyl (C=O) groups excluding carboxylic acids is 2. The Kier molecular flexibility index (Phi) is 9.20. The summed E-state index contributed by atoms with van der Waals surface area (Å²) in [6, 6.07) is 23.6. The Bertz CT molecular complexity index is 1430. The zero-order valence-electron chi connectivity index (χ0n) is 23.4. The van der Waals surface area contributed by atoms with Gasteiger partial charge in [0.2, 0.25) is 11.8 Å². The van der Waals surface area contributed by atoms with Crippen LogP contribution in [-0.4, -0.2) is 29.6 Å². The maximum absolute atomic E-state index is 13.5. The molecular weight excluding hydrogens is 534 g/mol. The lowest BCUT2D eigenvalue weighted by molar-refractivity contribution is -0.132. The normalized spacial score (nSPS) is 16.3. The summed E-state index contributed by atoms with van der Waals surface area (Å²) >= 11 is 6.38. The van der Waals surface area contributed by atoms with E-state index in [-0.39, 0.29) is 17.7 Å². The number of benzene rings is 3. The van der Waals surface area contributed by atoms with Crippen molar-refractivity contribution in [1.29, 1.82) is 0 Å². The molecule has 5 rings (SSSR count). The number of halogens is 1. The van der Waals surface area contributed by atoms with Crippen molar-refractivity contribution in [3.05, 3.63) is 112 Å². The largest absolute Gasteiger partial charge is 0.497 e. The molecule has 2 aliphatic rings. The summed E-state index contributed by atoms with van der Waals surface area (Å²) in [6.45, 7) is 4.72. The van der Waals surface area contributed by atoms with Crippen molar-refractivity contribution in [1.82, 2.24) is 10.3 Å². The van der Waals surface area contributed by atoms with Crippen LogP contribution in [0.5, 0.6) is 0 Å². The van der Waals surface area contributed by atoms with E-state index < -0.39 is 0 Å². The first-order chi connectivity index (χ1) is 19.9. The Morgan fingerprint density at radius 2 is 1.71 bits per heavy atom. The molecule has 0 radical (unpaired) electrons. The Morgan fingerprint density at radius 1 is 1.02 bits per heavy atom. The number of ether oxygens (including phenoxy) is 1. The van der Waals surface area contributed by atoms with E-state index in [1.54, 1.807) is 7.11 Å². The van der Waals surface area contributed by atoms with Gasteiger partial charge in [-0.15, -0.1) is 0 Å². The molecule has 0 saturated heterocycles. The zero-order chi connectivity index (χ0) is 28.8. The third kappa shape index (κ3) is 6.88. The van der Waals surface area contributed by atoms with Gasteiger partial charge in [0.05, 0.1) is 25.3 Å². The number of hydrogen-bond donors (Lipinski definition) is 1. The van der Waals surface area contributed by atoms with Crippen LogP contribution >= 0.6 is 11.6 Å². The Balaban J connectivity index is 1.28. The quantitative estimate of drug-likeness (QED) is 0.265. The van der Waals surface area contributed by atoms with Crippen LogP contribution in [0.1, 0.15) is 72.3 Å². The molecule has 1 unspecified atom stereocenters. The molecule has 3 aromatic carbocycles. The van der Waals surface area contributed by atoms with Crippen molar-refractivity contribution in [3.8, 4) is 0 Å². The van der Waals surface area contributed by atoms with Gasteiger partial charge in [0.25, 0.3) is 0 Å². The monoisotopic (exact) mass is 569 g/mol. The van der Waals surface area contributed by atoms with E-state index in [0.717, 1.165) is 59.2 Å². The van der Waals surface area contributed by atoms with Gasteiger partial charge in [-0.3, -0.25) is 9.59 Å². The molecule has 0 spiro atoms. The summed E-state index contributed by atoms with van der Waals surface area (Å²) in [5.74, 6) is 0.769. The van der Waals surface area contributed by atoms with Gasteiger partial charge in [-0.2, -0.15) is 5.10 Å². The maximum atomic E-state index is 13.5. The van der Waals surface area contributed by atoms with E-state index in [4.69, 9.17) is 16.3 Å². The molecule has 1 aliphatic heterocycles. The van der Waals surface area contributed by atoms with Gasteiger partial charge in [0.15, 0.2) is 0 Å². The van der Waals surface area contributed by atoms with Crippen molar-refractivity contribution < 1.29 is 14.3 Å². The van der Waals surface area contributed by atoms with E-state index in [1.807, 2.05) is 72.8 Å². The van der Waals surface area contributed by atoms with Crippen molar-refractivity contribution >= 4 is 34.9 Å². The second-order valence-corrected chi connectivity index (χ2v) is 11.2. The Labute approximate surface area is 247 Å². The number of methoxy groups -OCH3 is 1. The molecule has 41 heavy (non-hydrogen) atoms. The van der Waals surface area contributed by atoms with Crippen LogP contribution in [0.15, 0.2) is 84.5 Å². The highest BCUT2D eigenvalue weighted by molar-refractivity contribution is 6.34. The van der Waals surface area contributed by atoms with E-state index in [2.05, 4.69) is 17.0 Å². The summed E-state index contributed by atoms with van der Waals surface area (Å²) in [5.41, 5.74) is 5.61. The minimum atomic E-state index is -0.208. The van der Waals surface area contributed by atoms with Crippen LogP contribution in [0.25, 0.3) is 5.76 Å². The van der Waals surface area contributed by atoms with E-state index in [9.17, 15) is 9.59 Å². The van der Waals surface area contributed by atoms with Crippen LogP contribution in [0.4, 0.5) is 0 Å². The van der Waals surface area contributed by atoms with Crippen LogP contribution in [0.3, 0.4) is 0 Å². The van der Waals surface area contributed by atoms with Gasteiger partial charge in [-0.05, 0) is 41.5 Å². The number of amides is 2. The first-order valence-corrected chi connectivity index (χ1v) is 14.6. The van der Waals surface area contributed by atoms with E-state index >= 15 is 0 Å². The molecule has 0 bridgehead atoms. The van der Waals surface area contributed by atoms with E-state index in [1.165, 1.54) is 5.01 Å². The molecule has 212 valence electrons. The molecule has 2 amide bonds. The average molecular weight is 570 g/mol. The molecule has 1 N–H and O–H groups in total. The first kappa shape index (κ1) is 28.6. The minimum absolute atomic E-state index is 0.00680. The fourth-order valence-corrected chi connectivity index (χ4v) is 6.02. The molecule has 1 atom stereocenters. The molecule has 1 fully saturated rings. The van der Waals surface area contributed by atoms with Gasteiger partial charge in [-0.1, -0.05) is 97.8 Å². The fourth-order valence-electron chi connectivity index (χ4n) is 5.77. The van der Waals surface area contributed by atoms with Gasteiger partial charge in [0, 0.05) is 35.5 Å². The summed E-state index contributed by atoms with van der Waals surface area (Å²) < 4.78 is 5.20. The summed E-state index contributed by atoms with van der Waals surface area (Å²) in [4.78, 5) is 26.2. The highest BCUT2D eigenvalue weighted by Crippen LogP contribution is 2.38. The SMILES string of the molecule is C=C(OC)c1ccc(CNC(=O)C(c2ccc(CN3N=C(c4ccccc4Cl)CCC3=O)cc2)C2CCCC2)cc1.